The maximum Gasteiger partial charge on any atom is 0.336 e. The van der Waals surface area contributed by atoms with E-state index in [4.69, 9.17) is 14.2 Å². The fraction of sp³-hybridized carbons (Fsp3) is 0.250. The van der Waals surface area contributed by atoms with Gasteiger partial charge < -0.3 is 24.6 Å². The summed E-state index contributed by atoms with van der Waals surface area (Å²) in [5, 5.41) is 13.6. The van der Waals surface area contributed by atoms with Crippen molar-refractivity contribution in [2.45, 2.75) is 31.6 Å². The third-order valence-corrected chi connectivity index (χ3v) is 7.18. The molecule has 0 spiro atoms. The number of benzene rings is 3. The summed E-state index contributed by atoms with van der Waals surface area (Å²) in [6.07, 6.45) is 0.976. The molecule has 2 aliphatic rings. The van der Waals surface area contributed by atoms with Gasteiger partial charge in [-0.25, -0.2) is 4.79 Å². The van der Waals surface area contributed by atoms with Gasteiger partial charge in [-0.15, -0.1) is 0 Å². The number of Topliss-reactive ketones (excluding diaryl/α,β-unsaturated/α-hetero) is 1. The smallest absolute Gasteiger partial charge is 0.336 e. The Morgan fingerprint density at radius 2 is 1.67 bits per heavy atom. The van der Waals surface area contributed by atoms with Crippen LogP contribution in [-0.4, -0.2) is 37.2 Å². The Labute approximate surface area is 227 Å². The summed E-state index contributed by atoms with van der Waals surface area (Å²) in [7, 11) is 1.46. The van der Waals surface area contributed by atoms with E-state index in [1.165, 1.54) is 13.2 Å². The van der Waals surface area contributed by atoms with E-state index in [1.54, 1.807) is 12.1 Å². The molecule has 1 heterocycles. The molecule has 0 aromatic heterocycles. The number of esters is 1. The highest BCUT2D eigenvalue weighted by atomic mass is 16.6. The molecule has 0 radical (unpaired) electrons. The van der Waals surface area contributed by atoms with Crippen LogP contribution >= 0.6 is 0 Å². The lowest BCUT2D eigenvalue weighted by Gasteiger charge is -2.36. The number of ether oxygens (including phenoxy) is 3. The summed E-state index contributed by atoms with van der Waals surface area (Å²) in [4.78, 5) is 27.2. The van der Waals surface area contributed by atoms with E-state index in [2.05, 4.69) is 5.32 Å². The molecule has 39 heavy (non-hydrogen) atoms. The molecule has 3 aromatic rings. The predicted octanol–water partition coefficient (Wildman–Crippen LogP) is 5.38. The highest BCUT2D eigenvalue weighted by Crippen LogP contribution is 2.46. The fourth-order valence-electron chi connectivity index (χ4n) is 5.37. The minimum Gasteiger partial charge on any atom is -0.504 e. The molecule has 200 valence electrons. The molecule has 0 unspecified atom stereocenters. The van der Waals surface area contributed by atoms with Gasteiger partial charge in [0.25, 0.3) is 0 Å². The molecule has 7 nitrogen and oxygen atoms in total. The summed E-state index contributed by atoms with van der Waals surface area (Å²) < 4.78 is 16.6. The number of aromatic hydroxyl groups is 1. The summed E-state index contributed by atoms with van der Waals surface area (Å²) in [5.41, 5.74) is 4.10. The molecule has 1 aliphatic heterocycles. The quantitative estimate of drug-likeness (QED) is 0.301. The summed E-state index contributed by atoms with van der Waals surface area (Å²) in [6, 6.07) is 24.2. The number of ketones is 1. The molecule has 0 amide bonds. The number of allylic oxidation sites excluding steroid dienone is 3. The SMILES string of the molecule is COc1cc([C@H]2C(C(=O)OCCOc3ccccc3)=C(C)NC3=C2C(=O)C[C@@H](c2ccccc2)C3)ccc1O. The van der Waals surface area contributed by atoms with Crippen LogP contribution in [0.1, 0.15) is 42.7 Å². The van der Waals surface area contributed by atoms with Gasteiger partial charge in [-0.05, 0) is 54.7 Å². The molecule has 3 aromatic carbocycles. The zero-order chi connectivity index (χ0) is 27.4. The van der Waals surface area contributed by atoms with Gasteiger partial charge in [-0.2, -0.15) is 0 Å². The Kier molecular flexibility index (Phi) is 7.68. The first-order valence-electron chi connectivity index (χ1n) is 13.0. The van der Waals surface area contributed by atoms with Crippen LogP contribution in [0.15, 0.2) is 101 Å². The topological polar surface area (TPSA) is 94.1 Å². The molecule has 0 saturated carbocycles. The van der Waals surface area contributed by atoms with E-state index >= 15 is 0 Å². The zero-order valence-corrected chi connectivity index (χ0v) is 22.0. The van der Waals surface area contributed by atoms with Crippen molar-refractivity contribution in [3.8, 4) is 17.2 Å². The monoisotopic (exact) mass is 525 g/mol. The van der Waals surface area contributed by atoms with E-state index in [0.29, 0.717) is 41.0 Å². The van der Waals surface area contributed by atoms with E-state index in [-0.39, 0.29) is 36.4 Å². The van der Waals surface area contributed by atoms with Crippen LogP contribution in [0.3, 0.4) is 0 Å². The van der Waals surface area contributed by atoms with Gasteiger partial charge in [0, 0.05) is 29.3 Å². The van der Waals surface area contributed by atoms with Crippen molar-refractivity contribution >= 4 is 11.8 Å². The number of phenolic OH excluding ortho intramolecular Hbond substituents is 1. The molecule has 2 atom stereocenters. The third-order valence-electron chi connectivity index (χ3n) is 7.18. The van der Waals surface area contributed by atoms with Crippen molar-refractivity contribution in [2.24, 2.45) is 0 Å². The normalized spacial score (nSPS) is 18.8. The van der Waals surface area contributed by atoms with Gasteiger partial charge in [0.2, 0.25) is 0 Å². The Bertz CT molecular complexity index is 1430. The maximum atomic E-state index is 13.7. The van der Waals surface area contributed by atoms with E-state index in [0.717, 1.165) is 11.3 Å². The number of nitrogens with one attached hydrogen (secondary N) is 1. The van der Waals surface area contributed by atoms with Gasteiger partial charge in [0.15, 0.2) is 17.3 Å². The molecule has 2 N–H and O–H groups in total. The first kappa shape index (κ1) is 26.1. The summed E-state index contributed by atoms with van der Waals surface area (Å²) in [6.45, 7) is 2.06. The molecular weight excluding hydrogens is 494 g/mol. The molecule has 0 saturated heterocycles. The van der Waals surface area contributed by atoms with Crippen LogP contribution in [0.25, 0.3) is 0 Å². The first-order valence-corrected chi connectivity index (χ1v) is 13.0. The van der Waals surface area contributed by atoms with Gasteiger partial charge >= 0.3 is 5.97 Å². The number of dihydropyridines is 1. The van der Waals surface area contributed by atoms with Crippen LogP contribution in [-0.2, 0) is 14.3 Å². The number of methoxy groups -OCH3 is 1. The standard InChI is InChI=1S/C32H31NO6/c1-20-29(32(36)39-16-15-38-24-11-7-4-8-12-24)30(22-13-14-26(34)28(19-22)37-2)31-25(33-20)17-23(18-27(31)35)21-9-5-3-6-10-21/h3-14,19,23,30,33-34H,15-18H2,1-2H3/t23-,30-/m0/s1. The second-order valence-corrected chi connectivity index (χ2v) is 9.66. The number of para-hydroxylation sites is 1. The Morgan fingerprint density at radius 3 is 2.38 bits per heavy atom. The van der Waals surface area contributed by atoms with Crippen molar-refractivity contribution in [1.82, 2.24) is 5.32 Å². The second kappa shape index (κ2) is 11.5. The minimum absolute atomic E-state index is 0.0219. The highest BCUT2D eigenvalue weighted by molar-refractivity contribution is 6.04. The molecule has 0 fully saturated rings. The van der Waals surface area contributed by atoms with E-state index in [9.17, 15) is 14.7 Å². The Morgan fingerprint density at radius 1 is 0.949 bits per heavy atom. The number of phenols is 1. The predicted molar refractivity (Wildman–Crippen MR) is 147 cm³/mol. The summed E-state index contributed by atoms with van der Waals surface area (Å²) >= 11 is 0. The van der Waals surface area contributed by atoms with Crippen molar-refractivity contribution in [3.05, 3.63) is 113 Å². The average molecular weight is 526 g/mol. The number of rotatable bonds is 8. The van der Waals surface area contributed by atoms with Crippen molar-refractivity contribution < 1.29 is 28.9 Å². The van der Waals surface area contributed by atoms with Crippen LogP contribution in [0.4, 0.5) is 0 Å². The molecule has 0 bridgehead atoms. The van der Waals surface area contributed by atoms with Crippen molar-refractivity contribution in [2.75, 3.05) is 20.3 Å². The number of hydrogen-bond donors (Lipinski definition) is 2. The maximum absolute atomic E-state index is 13.7. The van der Waals surface area contributed by atoms with Crippen LogP contribution in [0.5, 0.6) is 17.2 Å². The average Bonchev–Trinajstić information content (AvgIpc) is 2.95. The number of hydrogen-bond acceptors (Lipinski definition) is 7. The van der Waals surface area contributed by atoms with Gasteiger partial charge in [0.1, 0.15) is 19.0 Å². The zero-order valence-electron chi connectivity index (χ0n) is 22.0. The lowest BCUT2D eigenvalue weighted by atomic mass is 9.71. The fourth-order valence-corrected chi connectivity index (χ4v) is 5.37. The lowest BCUT2D eigenvalue weighted by molar-refractivity contribution is -0.140. The molecule has 5 rings (SSSR count). The van der Waals surface area contributed by atoms with Crippen LogP contribution in [0.2, 0.25) is 0 Å². The van der Waals surface area contributed by atoms with Crippen LogP contribution < -0.4 is 14.8 Å². The second-order valence-electron chi connectivity index (χ2n) is 9.66. The first-order chi connectivity index (χ1) is 19.0. The highest BCUT2D eigenvalue weighted by Gasteiger charge is 2.41. The summed E-state index contributed by atoms with van der Waals surface area (Å²) in [5.74, 6) is -0.253. The lowest BCUT2D eigenvalue weighted by Crippen LogP contribution is -2.36. The van der Waals surface area contributed by atoms with E-state index in [1.807, 2.05) is 67.6 Å². The van der Waals surface area contributed by atoms with Gasteiger partial charge in [-0.1, -0.05) is 54.6 Å². The van der Waals surface area contributed by atoms with Gasteiger partial charge in [-0.3, -0.25) is 4.79 Å². The van der Waals surface area contributed by atoms with Gasteiger partial charge in [0.05, 0.1) is 12.7 Å². The Balaban J connectivity index is 1.45. The largest absolute Gasteiger partial charge is 0.504 e. The Hall–Kier alpha value is -4.52. The van der Waals surface area contributed by atoms with Crippen LogP contribution in [0, 0.1) is 0 Å². The molecule has 1 aliphatic carbocycles. The van der Waals surface area contributed by atoms with Crippen molar-refractivity contribution in [3.63, 3.8) is 0 Å². The number of carbonyl (C=O) groups is 2. The third kappa shape index (κ3) is 5.53. The number of carbonyl (C=O) groups excluding carboxylic acids is 2. The molecule has 7 heteroatoms. The van der Waals surface area contributed by atoms with Crippen molar-refractivity contribution in [1.29, 1.82) is 0 Å². The minimum atomic E-state index is -0.664. The molecular formula is C32H31NO6. The van der Waals surface area contributed by atoms with E-state index < -0.39 is 11.9 Å².